The number of carbonyl (C=O) groups excluding carboxylic acids is 8. The van der Waals surface area contributed by atoms with Gasteiger partial charge in [-0.1, -0.05) is 18.2 Å². The summed E-state index contributed by atoms with van der Waals surface area (Å²) in [5.74, 6) is -3.96. The Morgan fingerprint density at radius 3 is 1.65 bits per heavy atom. The molecule has 4 aliphatic carbocycles. The molecule has 0 saturated heterocycles. The van der Waals surface area contributed by atoms with Crippen molar-refractivity contribution in [1.29, 1.82) is 0 Å². The summed E-state index contributed by atoms with van der Waals surface area (Å²) in [6, 6.07) is 13.2. The molecule has 0 bridgehead atoms. The standard InChI is InChI=1S/C52H59NO14S2/c1-28(54)31-8-12-33(13-9-31)49(58)62-27-44(56)64-38-20-16-36(17-21-38)52(61)67-41-25-24-40(45-46(41)69-47(53-45)43-26-37-6-4-5-7-42(37)68-43)66-51(60)35-18-22-39(23-19-35)65-48(57)30(3)63-50(59)34-14-10-32(11-15-34)29(2)55/h4-7,24-26,30-36,38-39H,8-23,27H2,1-3H3. The van der Waals surface area contributed by atoms with E-state index < -0.39 is 72.6 Å². The average molecular weight is 986 g/mol. The predicted octanol–water partition coefficient (Wildman–Crippen LogP) is 9.46. The number of ether oxygens (including phenoxy) is 6. The molecule has 1 atom stereocenters. The summed E-state index contributed by atoms with van der Waals surface area (Å²) in [5.41, 5.74) is 0.379. The van der Waals surface area contributed by atoms with Crippen LogP contribution in [0.5, 0.6) is 11.5 Å². The van der Waals surface area contributed by atoms with Crippen molar-refractivity contribution in [3.8, 4) is 21.4 Å². The number of nitrogens with zero attached hydrogens (tertiary/aromatic N) is 1. The molecule has 4 aliphatic rings. The third kappa shape index (κ3) is 12.4. The van der Waals surface area contributed by atoms with Gasteiger partial charge in [0.15, 0.2) is 24.2 Å². The number of ketones is 2. The van der Waals surface area contributed by atoms with E-state index in [9.17, 15) is 38.4 Å². The van der Waals surface area contributed by atoms with E-state index >= 15 is 0 Å². The van der Waals surface area contributed by atoms with Gasteiger partial charge in [-0.3, -0.25) is 28.8 Å². The van der Waals surface area contributed by atoms with Crippen molar-refractivity contribution in [2.45, 2.75) is 142 Å². The molecule has 17 heteroatoms. The minimum atomic E-state index is -1.08. The maximum absolute atomic E-state index is 13.7. The lowest BCUT2D eigenvalue weighted by Crippen LogP contribution is -2.35. The lowest BCUT2D eigenvalue weighted by molar-refractivity contribution is -0.174. The fraction of sp³-hybridized carbons (Fsp3) is 0.558. The first kappa shape index (κ1) is 49.9. The highest BCUT2D eigenvalue weighted by molar-refractivity contribution is 7.28. The first-order valence-electron chi connectivity index (χ1n) is 24.3. The van der Waals surface area contributed by atoms with Crippen molar-refractivity contribution in [3.63, 3.8) is 0 Å². The number of benzene rings is 2. The largest absolute Gasteiger partial charge is 0.460 e. The van der Waals surface area contributed by atoms with Gasteiger partial charge in [-0.05, 0) is 153 Å². The van der Waals surface area contributed by atoms with Gasteiger partial charge in [0.25, 0.3) is 0 Å². The van der Waals surface area contributed by atoms with Crippen molar-refractivity contribution < 1.29 is 66.8 Å². The molecule has 2 aromatic carbocycles. The Hall–Kier alpha value is -5.55. The van der Waals surface area contributed by atoms with Crippen LogP contribution in [0.25, 0.3) is 30.2 Å². The van der Waals surface area contributed by atoms with Gasteiger partial charge in [-0.15, -0.1) is 22.7 Å². The first-order valence-corrected chi connectivity index (χ1v) is 26.0. The van der Waals surface area contributed by atoms with Gasteiger partial charge in [-0.25, -0.2) is 14.6 Å². The number of thiophene rings is 1. The minimum absolute atomic E-state index is 0.0229. The number of aromatic nitrogens is 1. The van der Waals surface area contributed by atoms with E-state index in [0.29, 0.717) is 118 Å². The second-order valence-corrected chi connectivity index (χ2v) is 21.2. The third-order valence-electron chi connectivity index (χ3n) is 14.4. The first-order chi connectivity index (χ1) is 33.2. The SMILES string of the molecule is CC(=O)C1CCC(C(=O)OCC(=O)OC2CCC(C(=O)Oc3ccc(OC(=O)C4CCC(OC(=O)C(C)OC(=O)C5CCC(C(C)=O)CC5)CC4)c4nc(-c5cc6ccccc6s5)sc34)CC2)CC1. The zero-order chi connectivity index (χ0) is 48.8. The summed E-state index contributed by atoms with van der Waals surface area (Å²) in [5, 5.41) is 1.73. The molecule has 15 nitrogen and oxygen atoms in total. The zero-order valence-electron chi connectivity index (χ0n) is 39.2. The van der Waals surface area contributed by atoms with E-state index in [1.165, 1.54) is 18.3 Å². The van der Waals surface area contributed by atoms with Crippen LogP contribution in [0.15, 0.2) is 42.5 Å². The Bertz CT molecular complexity index is 2530. The van der Waals surface area contributed by atoms with E-state index in [4.69, 9.17) is 33.4 Å². The van der Waals surface area contributed by atoms with Crippen LogP contribution in [-0.2, 0) is 57.3 Å². The highest BCUT2D eigenvalue weighted by Gasteiger charge is 2.36. The van der Waals surface area contributed by atoms with Gasteiger partial charge in [0, 0.05) is 16.5 Å². The van der Waals surface area contributed by atoms with Crippen LogP contribution in [0.1, 0.15) is 124 Å². The Labute approximate surface area is 408 Å². The molecule has 69 heavy (non-hydrogen) atoms. The summed E-state index contributed by atoms with van der Waals surface area (Å²) >= 11 is 2.91. The van der Waals surface area contributed by atoms with Gasteiger partial charge in [0.05, 0.1) is 28.5 Å². The number of esters is 6. The van der Waals surface area contributed by atoms with Crippen molar-refractivity contribution >= 4 is 90.4 Å². The molecule has 2 aromatic heterocycles. The Balaban J connectivity index is 0.844. The summed E-state index contributed by atoms with van der Waals surface area (Å²) in [6.07, 6.45) is 6.14. The normalized spacial score (nSPS) is 25.4. The minimum Gasteiger partial charge on any atom is -0.460 e. The van der Waals surface area contributed by atoms with Crippen molar-refractivity contribution in [1.82, 2.24) is 4.98 Å². The summed E-state index contributed by atoms with van der Waals surface area (Å²) in [7, 11) is 0. The van der Waals surface area contributed by atoms with E-state index in [-0.39, 0.29) is 46.7 Å². The van der Waals surface area contributed by atoms with Gasteiger partial charge >= 0.3 is 35.8 Å². The number of Topliss-reactive ketones (excluding diaryl/α,β-unsaturated/α-hetero) is 2. The van der Waals surface area contributed by atoms with Crippen molar-refractivity contribution in [2.24, 2.45) is 35.5 Å². The van der Waals surface area contributed by atoms with E-state index in [0.717, 1.165) is 15.0 Å². The number of thiazole rings is 1. The molecule has 0 amide bonds. The fourth-order valence-electron chi connectivity index (χ4n) is 10.0. The smallest absolute Gasteiger partial charge is 0.347 e. The van der Waals surface area contributed by atoms with Crippen LogP contribution in [0, 0.1) is 35.5 Å². The van der Waals surface area contributed by atoms with Crippen LogP contribution in [0.3, 0.4) is 0 Å². The number of carbonyl (C=O) groups is 8. The molecule has 1 unspecified atom stereocenters. The molecule has 4 fully saturated rings. The fourth-order valence-corrected chi connectivity index (χ4v) is 12.2. The molecular formula is C52H59NO14S2. The van der Waals surface area contributed by atoms with E-state index in [1.54, 1.807) is 37.3 Å². The molecule has 368 valence electrons. The molecule has 4 saturated carbocycles. The Kier molecular flexibility index (Phi) is 16.2. The number of hydrogen-bond donors (Lipinski definition) is 0. The lowest BCUT2D eigenvalue weighted by Gasteiger charge is -2.29. The average Bonchev–Trinajstić information content (AvgIpc) is 4.01. The van der Waals surface area contributed by atoms with E-state index in [1.807, 2.05) is 30.3 Å². The van der Waals surface area contributed by atoms with Crippen molar-refractivity contribution in [2.75, 3.05) is 6.61 Å². The quantitative estimate of drug-likeness (QED) is 0.0618. The highest BCUT2D eigenvalue weighted by Crippen LogP contribution is 2.44. The lowest BCUT2D eigenvalue weighted by atomic mass is 9.80. The Morgan fingerprint density at radius 2 is 1.07 bits per heavy atom. The summed E-state index contributed by atoms with van der Waals surface area (Å²) in [6.45, 7) is 4.14. The second-order valence-electron chi connectivity index (χ2n) is 19.1. The molecule has 0 spiro atoms. The number of fused-ring (bicyclic) bond motifs is 2. The molecular weight excluding hydrogens is 927 g/mol. The van der Waals surface area contributed by atoms with Crippen LogP contribution in [-0.4, -0.2) is 77.3 Å². The van der Waals surface area contributed by atoms with Gasteiger partial charge in [0.2, 0.25) is 0 Å². The molecule has 0 N–H and O–H groups in total. The van der Waals surface area contributed by atoms with Crippen LogP contribution in [0.4, 0.5) is 0 Å². The maximum Gasteiger partial charge on any atom is 0.347 e. The van der Waals surface area contributed by atoms with Gasteiger partial charge in [-0.2, -0.15) is 0 Å². The van der Waals surface area contributed by atoms with Gasteiger partial charge < -0.3 is 28.4 Å². The van der Waals surface area contributed by atoms with Gasteiger partial charge in [0.1, 0.15) is 39.0 Å². The molecule has 2 heterocycles. The predicted molar refractivity (Wildman–Crippen MR) is 254 cm³/mol. The monoisotopic (exact) mass is 985 g/mol. The van der Waals surface area contributed by atoms with Crippen molar-refractivity contribution in [3.05, 3.63) is 42.5 Å². The molecule has 8 rings (SSSR count). The second kappa shape index (κ2) is 22.5. The van der Waals surface area contributed by atoms with Crippen LogP contribution >= 0.6 is 22.7 Å². The maximum atomic E-state index is 13.7. The Morgan fingerprint density at radius 1 is 0.580 bits per heavy atom. The van der Waals surface area contributed by atoms with E-state index in [2.05, 4.69) is 0 Å². The number of hydrogen-bond acceptors (Lipinski definition) is 17. The highest BCUT2D eigenvalue weighted by atomic mass is 32.1. The topological polar surface area (TPSA) is 205 Å². The molecule has 4 aromatic rings. The van der Waals surface area contributed by atoms with Crippen LogP contribution < -0.4 is 9.47 Å². The zero-order valence-corrected chi connectivity index (χ0v) is 40.9. The van der Waals surface area contributed by atoms with Crippen LogP contribution in [0.2, 0.25) is 0 Å². The molecule has 0 radical (unpaired) electrons. The third-order valence-corrected chi connectivity index (χ3v) is 16.7. The summed E-state index contributed by atoms with van der Waals surface area (Å²) in [4.78, 5) is 108. The summed E-state index contributed by atoms with van der Waals surface area (Å²) < 4.78 is 35.8. The molecule has 0 aliphatic heterocycles. The number of rotatable bonds is 15.